The molecule has 0 spiro atoms. The minimum atomic E-state index is -0.238. The number of nitrogens with zero attached hydrogens (tertiary/aromatic N) is 2. The summed E-state index contributed by atoms with van der Waals surface area (Å²) in [5.74, 6) is 0.953. The Morgan fingerprint density at radius 3 is 2.48 bits per heavy atom. The molecule has 1 aliphatic carbocycles. The van der Waals surface area contributed by atoms with E-state index in [0.717, 1.165) is 13.0 Å². The Kier molecular flexibility index (Phi) is 7.53. The molecule has 1 N–H and O–H groups in total. The first-order valence-electron chi connectivity index (χ1n) is 10.9. The van der Waals surface area contributed by atoms with Crippen molar-refractivity contribution in [3.05, 3.63) is 35.4 Å². The van der Waals surface area contributed by atoms with Crippen LogP contribution in [-0.2, 0) is 9.53 Å². The number of hydrogen-bond acceptors (Lipinski definition) is 4. The second-order valence-electron chi connectivity index (χ2n) is 8.88. The number of hydrogen-bond donors (Lipinski definition) is 1. The van der Waals surface area contributed by atoms with Gasteiger partial charge in [-0.15, -0.1) is 0 Å². The van der Waals surface area contributed by atoms with Crippen molar-refractivity contribution in [2.75, 3.05) is 39.3 Å². The van der Waals surface area contributed by atoms with Crippen molar-refractivity contribution >= 4 is 12.0 Å². The molecule has 1 saturated carbocycles. The van der Waals surface area contributed by atoms with Gasteiger partial charge in [0.1, 0.15) is 0 Å². The fourth-order valence-electron chi connectivity index (χ4n) is 3.74. The molecule has 29 heavy (non-hydrogen) atoms. The lowest BCUT2D eigenvalue weighted by Gasteiger charge is -2.24. The van der Waals surface area contributed by atoms with E-state index in [1.807, 2.05) is 13.8 Å². The summed E-state index contributed by atoms with van der Waals surface area (Å²) >= 11 is 0. The van der Waals surface area contributed by atoms with Crippen LogP contribution >= 0.6 is 0 Å². The Labute approximate surface area is 174 Å². The third-order valence-corrected chi connectivity index (χ3v) is 5.60. The highest BCUT2D eigenvalue weighted by molar-refractivity contribution is 5.78. The molecule has 2 fully saturated rings. The third-order valence-electron chi connectivity index (χ3n) is 5.60. The maximum absolute atomic E-state index is 12.7. The average Bonchev–Trinajstić information content (AvgIpc) is 3.53. The van der Waals surface area contributed by atoms with E-state index in [0.29, 0.717) is 44.6 Å². The smallest absolute Gasteiger partial charge is 0.409 e. The standard InChI is InChI=1S/C23H35N3O3/c1-17(2)16-29-23(28)26-12-4-11-25(13-14-26)15-21(27)24-22(20-9-10-20)19-7-5-18(3)6-8-19/h5-8,17,20,22H,4,9-16H2,1-3H3,(H,24,27). The highest BCUT2D eigenvalue weighted by Gasteiger charge is 2.33. The zero-order valence-electron chi connectivity index (χ0n) is 18.0. The van der Waals surface area contributed by atoms with Crippen LogP contribution in [0.3, 0.4) is 0 Å². The van der Waals surface area contributed by atoms with Crippen LogP contribution in [-0.4, -0.2) is 61.1 Å². The summed E-state index contributed by atoms with van der Waals surface area (Å²) in [6, 6.07) is 8.59. The van der Waals surface area contributed by atoms with Crippen LogP contribution in [0.5, 0.6) is 0 Å². The molecule has 1 aliphatic heterocycles. The molecule has 0 radical (unpaired) electrons. The summed E-state index contributed by atoms with van der Waals surface area (Å²) in [4.78, 5) is 28.8. The number of nitrogens with one attached hydrogen (secondary N) is 1. The molecule has 1 unspecified atom stereocenters. The monoisotopic (exact) mass is 401 g/mol. The molecule has 6 heteroatoms. The first-order valence-corrected chi connectivity index (χ1v) is 10.9. The summed E-state index contributed by atoms with van der Waals surface area (Å²) in [6.45, 7) is 9.77. The van der Waals surface area contributed by atoms with Crippen LogP contribution in [0.15, 0.2) is 24.3 Å². The van der Waals surface area contributed by atoms with E-state index in [2.05, 4.69) is 41.4 Å². The average molecular weight is 402 g/mol. The van der Waals surface area contributed by atoms with Crippen LogP contribution < -0.4 is 5.32 Å². The van der Waals surface area contributed by atoms with E-state index in [-0.39, 0.29) is 18.0 Å². The lowest BCUT2D eigenvalue weighted by Crippen LogP contribution is -2.41. The Bertz CT molecular complexity index is 685. The van der Waals surface area contributed by atoms with Crippen molar-refractivity contribution in [3.8, 4) is 0 Å². The quantitative estimate of drug-likeness (QED) is 0.761. The van der Waals surface area contributed by atoms with E-state index in [1.165, 1.54) is 24.0 Å². The lowest BCUT2D eigenvalue weighted by molar-refractivity contribution is -0.123. The Morgan fingerprint density at radius 1 is 1.10 bits per heavy atom. The highest BCUT2D eigenvalue weighted by Crippen LogP contribution is 2.41. The fourth-order valence-corrected chi connectivity index (χ4v) is 3.74. The predicted octanol–water partition coefficient (Wildman–Crippen LogP) is 3.36. The van der Waals surface area contributed by atoms with E-state index >= 15 is 0 Å². The molecule has 1 aromatic rings. The molecule has 6 nitrogen and oxygen atoms in total. The normalized spacial score (nSPS) is 19.0. The van der Waals surface area contributed by atoms with Crippen molar-refractivity contribution in [2.45, 2.75) is 46.1 Å². The Balaban J connectivity index is 1.48. The van der Waals surface area contributed by atoms with Gasteiger partial charge in [-0.1, -0.05) is 43.7 Å². The molecule has 1 saturated heterocycles. The fraction of sp³-hybridized carbons (Fsp3) is 0.652. The Hall–Kier alpha value is -2.08. The first-order chi connectivity index (χ1) is 13.9. The molecule has 0 bridgehead atoms. The van der Waals surface area contributed by atoms with Gasteiger partial charge < -0.3 is 15.0 Å². The molecule has 2 aliphatic rings. The minimum absolute atomic E-state index is 0.0679. The van der Waals surface area contributed by atoms with Crippen molar-refractivity contribution in [1.29, 1.82) is 0 Å². The van der Waals surface area contributed by atoms with Gasteiger partial charge in [0, 0.05) is 26.2 Å². The Morgan fingerprint density at radius 2 is 1.83 bits per heavy atom. The van der Waals surface area contributed by atoms with Crippen LogP contribution in [0.4, 0.5) is 4.79 Å². The number of rotatable bonds is 7. The number of amides is 2. The van der Waals surface area contributed by atoms with Crippen molar-refractivity contribution in [2.24, 2.45) is 11.8 Å². The third kappa shape index (κ3) is 6.74. The van der Waals surface area contributed by atoms with Crippen LogP contribution in [0.2, 0.25) is 0 Å². The molecular weight excluding hydrogens is 366 g/mol. The van der Waals surface area contributed by atoms with Gasteiger partial charge in [0.2, 0.25) is 5.91 Å². The molecule has 2 amide bonds. The van der Waals surface area contributed by atoms with Gasteiger partial charge in [-0.2, -0.15) is 0 Å². The SMILES string of the molecule is Cc1ccc(C(NC(=O)CN2CCCN(C(=O)OCC(C)C)CC2)C2CC2)cc1. The first kappa shape index (κ1) is 21.6. The molecule has 160 valence electrons. The molecular formula is C23H35N3O3. The predicted molar refractivity (Wildman–Crippen MR) is 114 cm³/mol. The molecule has 1 atom stereocenters. The minimum Gasteiger partial charge on any atom is -0.449 e. The van der Waals surface area contributed by atoms with Gasteiger partial charge in [0.05, 0.1) is 19.2 Å². The van der Waals surface area contributed by atoms with E-state index in [4.69, 9.17) is 4.74 Å². The number of benzene rings is 1. The van der Waals surface area contributed by atoms with Gasteiger partial charge in [0.25, 0.3) is 0 Å². The van der Waals surface area contributed by atoms with E-state index in [1.54, 1.807) is 4.90 Å². The number of carbonyl (C=O) groups is 2. The highest BCUT2D eigenvalue weighted by atomic mass is 16.6. The van der Waals surface area contributed by atoms with Crippen LogP contribution in [0.25, 0.3) is 0 Å². The van der Waals surface area contributed by atoms with Gasteiger partial charge in [-0.3, -0.25) is 9.69 Å². The van der Waals surface area contributed by atoms with E-state index in [9.17, 15) is 9.59 Å². The maximum atomic E-state index is 12.7. The van der Waals surface area contributed by atoms with Gasteiger partial charge in [-0.05, 0) is 43.6 Å². The summed E-state index contributed by atoms with van der Waals surface area (Å²) in [5.41, 5.74) is 2.43. The van der Waals surface area contributed by atoms with Crippen molar-refractivity contribution in [1.82, 2.24) is 15.1 Å². The summed E-state index contributed by atoms with van der Waals surface area (Å²) in [7, 11) is 0. The largest absolute Gasteiger partial charge is 0.449 e. The molecule has 1 heterocycles. The topological polar surface area (TPSA) is 61.9 Å². The van der Waals surface area contributed by atoms with Gasteiger partial charge in [-0.25, -0.2) is 4.79 Å². The zero-order valence-corrected chi connectivity index (χ0v) is 18.0. The van der Waals surface area contributed by atoms with Crippen LogP contribution in [0.1, 0.15) is 50.3 Å². The maximum Gasteiger partial charge on any atom is 0.409 e. The molecule has 1 aromatic carbocycles. The van der Waals surface area contributed by atoms with Gasteiger partial charge in [0.15, 0.2) is 0 Å². The van der Waals surface area contributed by atoms with Crippen LogP contribution in [0, 0.1) is 18.8 Å². The second-order valence-corrected chi connectivity index (χ2v) is 8.88. The summed E-state index contributed by atoms with van der Waals surface area (Å²) in [6.07, 6.45) is 2.97. The second kappa shape index (κ2) is 10.1. The molecule has 0 aromatic heterocycles. The lowest BCUT2D eigenvalue weighted by atomic mass is 10.0. The van der Waals surface area contributed by atoms with E-state index < -0.39 is 0 Å². The van der Waals surface area contributed by atoms with Gasteiger partial charge >= 0.3 is 6.09 Å². The number of carbonyl (C=O) groups excluding carboxylic acids is 2. The summed E-state index contributed by atoms with van der Waals surface area (Å²) < 4.78 is 5.35. The number of aryl methyl sites for hydroxylation is 1. The number of ether oxygens (including phenoxy) is 1. The zero-order chi connectivity index (χ0) is 20.8. The van der Waals surface area contributed by atoms with Crippen molar-refractivity contribution in [3.63, 3.8) is 0 Å². The van der Waals surface area contributed by atoms with Crippen molar-refractivity contribution < 1.29 is 14.3 Å². The molecule has 3 rings (SSSR count). The summed E-state index contributed by atoms with van der Waals surface area (Å²) in [5, 5.41) is 3.26.